The third-order valence-corrected chi connectivity index (χ3v) is 1.16. The quantitative estimate of drug-likeness (QED) is 0.369. The average molecular weight is 197 g/mol. The summed E-state index contributed by atoms with van der Waals surface area (Å²) in [7, 11) is -2.87. The van der Waals surface area contributed by atoms with Crippen LogP contribution in [0.15, 0.2) is 0 Å². The lowest BCUT2D eigenvalue weighted by atomic mass is 10.2. The van der Waals surface area contributed by atoms with Gasteiger partial charge < -0.3 is 11.5 Å². The highest BCUT2D eigenvalue weighted by Gasteiger charge is 1.93. The van der Waals surface area contributed by atoms with Crippen LogP contribution in [0.5, 0.6) is 0 Å². The van der Waals surface area contributed by atoms with Crippen molar-refractivity contribution >= 4 is 8.25 Å². The van der Waals surface area contributed by atoms with Gasteiger partial charge in [-0.1, -0.05) is 12.8 Å². The van der Waals surface area contributed by atoms with Crippen LogP contribution in [0.4, 0.5) is 0 Å². The molecule has 0 aliphatic carbocycles. The molecule has 0 aliphatic heterocycles. The Morgan fingerprint density at radius 1 is 0.917 bits per heavy atom. The van der Waals surface area contributed by atoms with Gasteiger partial charge in [0.15, 0.2) is 0 Å². The lowest BCUT2D eigenvalue weighted by Gasteiger charge is -1.94. The molecule has 0 aromatic rings. The Labute approximate surface area is 73.7 Å². The Bertz CT molecular complexity index is 92.8. The van der Waals surface area contributed by atoms with Crippen molar-refractivity contribution in [2.24, 2.45) is 11.5 Å². The summed E-state index contributed by atoms with van der Waals surface area (Å²) in [6, 6.07) is 0. The van der Waals surface area contributed by atoms with E-state index in [1.54, 1.807) is 0 Å². The summed E-state index contributed by atoms with van der Waals surface area (Å²) >= 11 is 0. The minimum Gasteiger partial charge on any atom is -0.330 e. The lowest BCUT2D eigenvalue weighted by molar-refractivity contribution is 0.405. The number of hydrogen-bond donors (Lipinski definition) is 4. The van der Waals surface area contributed by atoms with Gasteiger partial charge in [0, 0.05) is 4.57 Å². The van der Waals surface area contributed by atoms with E-state index >= 15 is 0 Å². The lowest BCUT2D eigenvalue weighted by Crippen LogP contribution is -2.00. The van der Waals surface area contributed by atoms with Crippen molar-refractivity contribution in [3.63, 3.8) is 0 Å². The topological polar surface area (TPSA) is 110 Å². The standard InChI is InChI=1S/C6H16N2.HO3P/c7-5-3-1-2-4-6-8;1-4(2)3/h1-8H2;(H-,1,2,3)/p+1. The second-order valence-electron chi connectivity index (χ2n) is 2.24. The van der Waals surface area contributed by atoms with Crippen LogP contribution in [0.3, 0.4) is 0 Å². The fourth-order valence-corrected chi connectivity index (χ4v) is 0.642. The normalized spacial score (nSPS) is 8.67. The molecular formula is C6H18N2O3P+. The van der Waals surface area contributed by atoms with Crippen LogP contribution in [0.2, 0.25) is 0 Å². The zero-order chi connectivity index (χ0) is 9.82. The molecule has 0 aliphatic rings. The molecule has 0 unspecified atom stereocenters. The minimum atomic E-state index is -2.87. The molecule has 0 heterocycles. The van der Waals surface area contributed by atoms with Gasteiger partial charge in [0.25, 0.3) is 0 Å². The van der Waals surface area contributed by atoms with Crippen molar-refractivity contribution in [1.82, 2.24) is 0 Å². The summed E-state index contributed by atoms with van der Waals surface area (Å²) in [6.45, 7) is 1.65. The molecule has 0 rings (SSSR count). The van der Waals surface area contributed by atoms with Crippen molar-refractivity contribution in [2.75, 3.05) is 13.1 Å². The van der Waals surface area contributed by atoms with E-state index < -0.39 is 8.25 Å². The first-order chi connectivity index (χ1) is 5.65. The Hall–Kier alpha value is -0.0600. The molecule has 0 bridgehead atoms. The molecule has 0 fully saturated rings. The molecule has 0 radical (unpaired) electrons. The van der Waals surface area contributed by atoms with Gasteiger partial charge in [0.1, 0.15) is 0 Å². The van der Waals surface area contributed by atoms with Crippen LogP contribution < -0.4 is 11.5 Å². The summed E-state index contributed by atoms with van der Waals surface area (Å²) in [4.78, 5) is 14.2. The van der Waals surface area contributed by atoms with Gasteiger partial charge in [-0.2, -0.15) is 0 Å². The summed E-state index contributed by atoms with van der Waals surface area (Å²) < 4.78 is 8.70. The maximum atomic E-state index is 8.70. The Morgan fingerprint density at radius 2 is 1.17 bits per heavy atom. The average Bonchev–Trinajstić information content (AvgIpc) is 1.97. The van der Waals surface area contributed by atoms with E-state index in [1.165, 1.54) is 12.8 Å². The molecular weight excluding hydrogens is 179 g/mol. The smallest absolute Gasteiger partial charge is 0.330 e. The summed E-state index contributed by atoms with van der Waals surface area (Å²) in [5.41, 5.74) is 10.6. The SMILES string of the molecule is NCCCCCCN.O=[P+](O)O. The molecule has 0 saturated carbocycles. The van der Waals surface area contributed by atoms with Crippen LogP contribution in [0.25, 0.3) is 0 Å². The Balaban J connectivity index is 0. The largest absolute Gasteiger partial charge is 0.692 e. The van der Waals surface area contributed by atoms with Gasteiger partial charge in [-0.15, -0.1) is 9.79 Å². The number of unbranched alkanes of at least 4 members (excludes halogenated alkanes) is 3. The minimum absolute atomic E-state index is 0.824. The molecule has 0 aromatic heterocycles. The first-order valence-corrected chi connectivity index (χ1v) is 5.06. The van der Waals surface area contributed by atoms with Gasteiger partial charge >= 0.3 is 8.25 Å². The predicted molar refractivity (Wildman–Crippen MR) is 48.6 cm³/mol. The summed E-state index contributed by atoms with van der Waals surface area (Å²) in [5, 5.41) is 0. The highest BCUT2D eigenvalue weighted by Crippen LogP contribution is 1.98. The molecule has 5 nitrogen and oxygen atoms in total. The zero-order valence-corrected chi connectivity index (χ0v) is 8.04. The third kappa shape index (κ3) is 32.6. The van der Waals surface area contributed by atoms with Crippen LogP contribution in [0.1, 0.15) is 25.7 Å². The summed E-state index contributed by atoms with van der Waals surface area (Å²) in [5.74, 6) is 0. The zero-order valence-electron chi connectivity index (χ0n) is 7.15. The first kappa shape index (κ1) is 14.5. The van der Waals surface area contributed by atoms with E-state index in [9.17, 15) is 0 Å². The number of rotatable bonds is 5. The van der Waals surface area contributed by atoms with Crippen LogP contribution in [0, 0.1) is 0 Å². The monoisotopic (exact) mass is 197 g/mol. The fourth-order valence-electron chi connectivity index (χ4n) is 0.642. The molecule has 74 valence electrons. The van der Waals surface area contributed by atoms with Gasteiger partial charge in [0.05, 0.1) is 0 Å². The maximum Gasteiger partial charge on any atom is 0.692 e. The molecule has 0 atom stereocenters. The second kappa shape index (κ2) is 13.5. The molecule has 0 saturated heterocycles. The molecule has 0 amide bonds. The first-order valence-electron chi connectivity index (χ1n) is 3.90. The highest BCUT2D eigenvalue weighted by atomic mass is 31.1. The predicted octanol–water partition coefficient (Wildman–Crippen LogP) is 0.0926. The fraction of sp³-hybridized carbons (Fsp3) is 1.00. The summed E-state index contributed by atoms with van der Waals surface area (Å²) in [6.07, 6.45) is 4.79. The van der Waals surface area contributed by atoms with Gasteiger partial charge in [0.2, 0.25) is 0 Å². The van der Waals surface area contributed by atoms with Crippen molar-refractivity contribution < 1.29 is 14.4 Å². The van der Waals surface area contributed by atoms with Gasteiger partial charge in [-0.05, 0) is 25.9 Å². The van der Waals surface area contributed by atoms with Gasteiger partial charge in [-0.25, -0.2) is 0 Å². The third-order valence-electron chi connectivity index (χ3n) is 1.16. The second-order valence-corrected chi connectivity index (χ2v) is 2.75. The van der Waals surface area contributed by atoms with E-state index in [4.69, 9.17) is 25.8 Å². The van der Waals surface area contributed by atoms with Gasteiger partial charge in [-0.3, -0.25) is 0 Å². The van der Waals surface area contributed by atoms with Crippen molar-refractivity contribution in [3.05, 3.63) is 0 Å². The van der Waals surface area contributed by atoms with E-state index in [-0.39, 0.29) is 0 Å². The molecule has 0 aromatic carbocycles. The van der Waals surface area contributed by atoms with E-state index in [1.807, 2.05) is 0 Å². The highest BCUT2D eigenvalue weighted by molar-refractivity contribution is 7.30. The molecule has 6 heteroatoms. The van der Waals surface area contributed by atoms with Crippen LogP contribution in [-0.2, 0) is 4.57 Å². The van der Waals surface area contributed by atoms with E-state index in [2.05, 4.69) is 0 Å². The number of hydrogen-bond acceptors (Lipinski definition) is 3. The van der Waals surface area contributed by atoms with Crippen LogP contribution >= 0.6 is 8.25 Å². The van der Waals surface area contributed by atoms with E-state index in [0.717, 1.165) is 25.9 Å². The van der Waals surface area contributed by atoms with Crippen molar-refractivity contribution in [1.29, 1.82) is 0 Å². The molecule has 12 heavy (non-hydrogen) atoms. The number of nitrogens with two attached hydrogens (primary N) is 2. The maximum absolute atomic E-state index is 8.70. The molecule has 0 spiro atoms. The Kier molecular flexibility index (Phi) is 16.3. The van der Waals surface area contributed by atoms with Crippen LogP contribution in [-0.4, -0.2) is 22.9 Å². The Morgan fingerprint density at radius 3 is 1.33 bits per heavy atom. The van der Waals surface area contributed by atoms with Crippen molar-refractivity contribution in [3.8, 4) is 0 Å². The van der Waals surface area contributed by atoms with Crippen molar-refractivity contribution in [2.45, 2.75) is 25.7 Å². The van der Waals surface area contributed by atoms with E-state index in [0.29, 0.717) is 0 Å². The molecule has 6 N–H and O–H groups in total.